The second-order valence-electron chi connectivity index (χ2n) is 5.66. The molecule has 2 N–H and O–H groups in total. The number of benzene rings is 1. The Balaban J connectivity index is 2.08. The molecule has 1 aromatic rings. The number of rotatable bonds is 5. The molecule has 1 saturated heterocycles. The highest BCUT2D eigenvalue weighted by molar-refractivity contribution is 7.87. The van der Waals surface area contributed by atoms with Crippen molar-refractivity contribution in [2.45, 2.75) is 25.9 Å². The van der Waals surface area contributed by atoms with Crippen LogP contribution in [0.2, 0.25) is 5.02 Å². The maximum Gasteiger partial charge on any atom is 0.279 e. The van der Waals surface area contributed by atoms with Gasteiger partial charge < -0.3 is 5.32 Å². The van der Waals surface area contributed by atoms with Gasteiger partial charge in [0.1, 0.15) is 5.82 Å². The normalized spacial score (nSPS) is 23.0. The molecule has 2 unspecified atom stereocenters. The molecule has 1 aromatic carbocycles. The van der Waals surface area contributed by atoms with E-state index < -0.39 is 16.0 Å². The van der Waals surface area contributed by atoms with Gasteiger partial charge in [0.05, 0.1) is 0 Å². The first-order valence-corrected chi connectivity index (χ1v) is 9.00. The van der Waals surface area contributed by atoms with E-state index in [0.29, 0.717) is 6.54 Å². The van der Waals surface area contributed by atoms with E-state index in [1.807, 2.05) is 6.92 Å². The maximum atomic E-state index is 13.8. The Morgan fingerprint density at radius 3 is 2.86 bits per heavy atom. The predicted octanol–water partition coefficient (Wildman–Crippen LogP) is 1.74. The van der Waals surface area contributed by atoms with E-state index in [1.54, 1.807) is 6.07 Å². The van der Waals surface area contributed by atoms with Crippen LogP contribution < -0.4 is 10.0 Å². The summed E-state index contributed by atoms with van der Waals surface area (Å²) in [7, 11) is -2.30. The Labute approximate surface area is 136 Å². The van der Waals surface area contributed by atoms with Crippen LogP contribution in [0.25, 0.3) is 0 Å². The van der Waals surface area contributed by atoms with Crippen LogP contribution in [0, 0.1) is 11.7 Å². The van der Waals surface area contributed by atoms with Gasteiger partial charge >= 0.3 is 0 Å². The van der Waals surface area contributed by atoms with E-state index in [0.717, 1.165) is 17.3 Å². The van der Waals surface area contributed by atoms with Crippen molar-refractivity contribution in [1.82, 2.24) is 14.3 Å². The van der Waals surface area contributed by atoms with Gasteiger partial charge in [-0.25, -0.2) is 4.39 Å². The number of hydrogen-bond donors (Lipinski definition) is 2. The lowest BCUT2D eigenvalue weighted by molar-refractivity contribution is 0.319. The Hall–Kier alpha value is -0.730. The molecular formula is C14H21ClFN3O2S. The lowest BCUT2D eigenvalue weighted by atomic mass is 9.96. The summed E-state index contributed by atoms with van der Waals surface area (Å²) in [5.74, 6) is -0.260. The second kappa shape index (κ2) is 7.23. The zero-order chi connectivity index (χ0) is 16.3. The molecule has 0 amide bonds. The van der Waals surface area contributed by atoms with Crippen molar-refractivity contribution in [3.63, 3.8) is 0 Å². The molecule has 0 aliphatic carbocycles. The Morgan fingerprint density at radius 1 is 1.50 bits per heavy atom. The highest BCUT2D eigenvalue weighted by Gasteiger charge is 2.28. The molecule has 0 spiro atoms. The van der Waals surface area contributed by atoms with Gasteiger partial charge in [-0.2, -0.15) is 17.4 Å². The second-order valence-corrected chi connectivity index (χ2v) is 7.87. The fourth-order valence-electron chi connectivity index (χ4n) is 2.42. The molecule has 1 aliphatic heterocycles. The van der Waals surface area contributed by atoms with Gasteiger partial charge in [0.15, 0.2) is 0 Å². The Kier molecular flexibility index (Phi) is 5.79. The fourth-order valence-corrected chi connectivity index (χ4v) is 3.82. The molecule has 0 aromatic heterocycles. The SMILES string of the molecule is CC1CCNCC1NS(=O)(=O)N(C)Cc1c(F)cccc1Cl. The van der Waals surface area contributed by atoms with Gasteiger partial charge in [-0.1, -0.05) is 24.6 Å². The largest absolute Gasteiger partial charge is 0.315 e. The molecule has 1 fully saturated rings. The molecule has 22 heavy (non-hydrogen) atoms. The van der Waals surface area contributed by atoms with Gasteiger partial charge in [0.2, 0.25) is 0 Å². The smallest absolute Gasteiger partial charge is 0.279 e. The standard InChI is InChI=1S/C14H21ClFN3O2S/c1-10-6-7-17-8-14(10)18-22(20,21)19(2)9-11-12(15)4-3-5-13(11)16/h3-5,10,14,17-18H,6-9H2,1-2H3. The van der Waals surface area contributed by atoms with Gasteiger partial charge in [0.25, 0.3) is 10.2 Å². The van der Waals surface area contributed by atoms with Gasteiger partial charge in [-0.05, 0) is 31.0 Å². The van der Waals surface area contributed by atoms with Crippen LogP contribution in [0.3, 0.4) is 0 Å². The summed E-state index contributed by atoms with van der Waals surface area (Å²) < 4.78 is 42.3. The quantitative estimate of drug-likeness (QED) is 0.851. The molecule has 1 aliphatic rings. The summed E-state index contributed by atoms with van der Waals surface area (Å²) in [5.41, 5.74) is 0.173. The number of nitrogens with one attached hydrogen (secondary N) is 2. The van der Waals surface area contributed by atoms with Gasteiger partial charge in [0, 0.05) is 36.8 Å². The number of hydrogen-bond acceptors (Lipinski definition) is 3. The van der Waals surface area contributed by atoms with Crippen molar-refractivity contribution in [2.75, 3.05) is 20.1 Å². The van der Waals surface area contributed by atoms with Gasteiger partial charge in [-0.3, -0.25) is 0 Å². The van der Waals surface area contributed by atoms with Crippen molar-refractivity contribution < 1.29 is 12.8 Å². The molecule has 0 bridgehead atoms. The van der Waals surface area contributed by atoms with Crippen LogP contribution in [0.4, 0.5) is 4.39 Å². The molecule has 1 heterocycles. The third-order valence-corrected chi connectivity index (χ3v) is 5.89. The van der Waals surface area contributed by atoms with Crippen LogP contribution in [0.15, 0.2) is 18.2 Å². The molecule has 124 valence electrons. The van der Waals surface area contributed by atoms with Crippen molar-refractivity contribution in [1.29, 1.82) is 0 Å². The predicted molar refractivity (Wildman–Crippen MR) is 85.4 cm³/mol. The molecule has 2 atom stereocenters. The number of piperidine rings is 1. The molecule has 5 nitrogen and oxygen atoms in total. The van der Waals surface area contributed by atoms with Gasteiger partial charge in [-0.15, -0.1) is 0 Å². The van der Waals surface area contributed by atoms with Crippen molar-refractivity contribution in [2.24, 2.45) is 5.92 Å². The molecule has 0 saturated carbocycles. The summed E-state index contributed by atoms with van der Waals surface area (Å²) in [4.78, 5) is 0. The molecule has 8 heteroatoms. The maximum absolute atomic E-state index is 13.8. The van der Waals surface area contributed by atoms with Crippen molar-refractivity contribution in [3.05, 3.63) is 34.6 Å². The summed E-state index contributed by atoms with van der Waals surface area (Å²) >= 11 is 5.95. The molecule has 0 radical (unpaired) electrons. The zero-order valence-corrected chi connectivity index (χ0v) is 14.2. The van der Waals surface area contributed by atoms with Crippen molar-refractivity contribution >= 4 is 21.8 Å². The van der Waals surface area contributed by atoms with E-state index in [4.69, 9.17) is 11.6 Å². The van der Waals surface area contributed by atoms with Crippen LogP contribution >= 0.6 is 11.6 Å². The summed E-state index contributed by atoms with van der Waals surface area (Å²) in [6.07, 6.45) is 0.913. The first-order valence-electron chi connectivity index (χ1n) is 7.18. The highest BCUT2D eigenvalue weighted by atomic mass is 35.5. The summed E-state index contributed by atoms with van der Waals surface area (Å²) in [6.45, 7) is 3.38. The minimum Gasteiger partial charge on any atom is -0.315 e. The van der Waals surface area contributed by atoms with E-state index in [-0.39, 0.29) is 29.1 Å². The fraction of sp³-hybridized carbons (Fsp3) is 0.571. The summed E-state index contributed by atoms with van der Waals surface area (Å²) in [5, 5.41) is 3.39. The first kappa shape index (κ1) is 17.6. The van der Waals surface area contributed by atoms with E-state index in [2.05, 4.69) is 10.0 Å². The Morgan fingerprint density at radius 2 is 2.23 bits per heavy atom. The minimum absolute atomic E-state index is 0.116. The van der Waals surface area contributed by atoms with Crippen LogP contribution in [-0.2, 0) is 16.8 Å². The van der Waals surface area contributed by atoms with Crippen LogP contribution in [0.1, 0.15) is 18.9 Å². The van der Waals surface area contributed by atoms with E-state index in [1.165, 1.54) is 19.2 Å². The van der Waals surface area contributed by atoms with Crippen LogP contribution in [-0.4, -0.2) is 38.9 Å². The number of nitrogens with zero attached hydrogens (tertiary/aromatic N) is 1. The van der Waals surface area contributed by atoms with E-state index in [9.17, 15) is 12.8 Å². The minimum atomic E-state index is -3.71. The zero-order valence-electron chi connectivity index (χ0n) is 12.6. The van der Waals surface area contributed by atoms with E-state index >= 15 is 0 Å². The third kappa shape index (κ3) is 4.17. The third-order valence-electron chi connectivity index (χ3n) is 3.98. The average Bonchev–Trinajstić information content (AvgIpc) is 2.45. The lowest BCUT2D eigenvalue weighted by Crippen LogP contribution is -2.53. The lowest BCUT2D eigenvalue weighted by Gasteiger charge is -2.31. The average molecular weight is 350 g/mol. The topological polar surface area (TPSA) is 61.4 Å². The summed E-state index contributed by atoms with van der Waals surface area (Å²) in [6, 6.07) is 4.13. The number of halogens is 2. The monoisotopic (exact) mass is 349 g/mol. The van der Waals surface area contributed by atoms with Crippen LogP contribution in [0.5, 0.6) is 0 Å². The molecule has 2 rings (SSSR count). The first-order chi connectivity index (χ1) is 10.3. The molecular weight excluding hydrogens is 329 g/mol. The Bertz CT molecular complexity index is 606. The highest BCUT2D eigenvalue weighted by Crippen LogP contribution is 2.21. The van der Waals surface area contributed by atoms with Crippen molar-refractivity contribution in [3.8, 4) is 0 Å².